The van der Waals surface area contributed by atoms with Crippen LogP contribution in [0.4, 0.5) is 0 Å². The predicted molar refractivity (Wildman–Crippen MR) is 46.0 cm³/mol. The average Bonchev–Trinajstić information content (AvgIpc) is 2.36. The molecule has 0 spiro atoms. The maximum Gasteiger partial charge on any atom is 0.328 e. The molecule has 1 aromatic heterocycles. The summed E-state index contributed by atoms with van der Waals surface area (Å²) in [5, 5.41) is 3.48. The molecule has 0 radical (unpaired) electrons. The van der Waals surface area contributed by atoms with Crippen LogP contribution < -0.4 is 0 Å². The van der Waals surface area contributed by atoms with Crippen molar-refractivity contribution in [3.05, 3.63) is 26.3 Å². The number of carbonyl (C=O) groups excluding carboxylic acids is 1. The van der Waals surface area contributed by atoms with Gasteiger partial charge in [0, 0.05) is 15.2 Å². The molecule has 11 heavy (non-hydrogen) atoms. The lowest BCUT2D eigenvalue weighted by Crippen LogP contribution is -1.99. The van der Waals surface area contributed by atoms with Gasteiger partial charge in [0.05, 0.1) is 5.56 Å². The van der Waals surface area contributed by atoms with E-state index in [0.717, 1.165) is 10.7 Å². The van der Waals surface area contributed by atoms with Crippen LogP contribution in [0, 0.1) is 0 Å². The van der Waals surface area contributed by atoms with Crippen molar-refractivity contribution in [3.8, 4) is 0 Å². The Morgan fingerprint density at radius 1 is 1.73 bits per heavy atom. The molecular weight excluding hydrogens is 228 g/mol. The van der Waals surface area contributed by atoms with Crippen molar-refractivity contribution in [2.24, 2.45) is 0 Å². The number of Topliss-reactive ketones (excluding diaryl/α,β-unsaturated/α-hetero) is 1. The highest BCUT2D eigenvalue weighted by Gasteiger charge is 2.11. The minimum Gasteiger partial charge on any atom is -0.361 e. The van der Waals surface area contributed by atoms with Gasteiger partial charge in [-0.3, -0.25) is 4.79 Å². The zero-order valence-corrected chi connectivity index (χ0v) is 7.72. The summed E-state index contributed by atoms with van der Waals surface area (Å²) >= 11 is 4.59. The van der Waals surface area contributed by atoms with E-state index in [9.17, 15) is 4.79 Å². The number of rotatable bonds is 2. The van der Waals surface area contributed by atoms with Gasteiger partial charge in [-0.25, -0.2) is 0 Å². The van der Waals surface area contributed by atoms with Gasteiger partial charge >= 0.3 is 6.21 Å². The van der Waals surface area contributed by atoms with E-state index >= 15 is 0 Å². The Kier molecular flexibility index (Phi) is 2.70. The van der Waals surface area contributed by atoms with Crippen LogP contribution in [0.2, 0.25) is 0 Å². The molecule has 0 N–H and O–H groups in total. The van der Waals surface area contributed by atoms with Gasteiger partial charge in [-0.05, 0) is 15.9 Å². The van der Waals surface area contributed by atoms with Crippen molar-refractivity contribution in [2.75, 3.05) is 0 Å². The second-order valence-electron chi connectivity index (χ2n) is 1.74. The number of carbonyl (C=O) groups is 1. The number of nitrogens with zero attached hydrogens (tertiary/aromatic N) is 2. The molecule has 0 bridgehead atoms. The normalized spacial score (nSPS) is 8.82. The Bertz CT molecular complexity index is 327. The first-order chi connectivity index (χ1) is 5.25. The summed E-state index contributed by atoms with van der Waals surface area (Å²) in [5.41, 5.74) is 8.58. The number of halogens is 1. The second kappa shape index (κ2) is 3.57. The first kappa shape index (κ1) is 8.33. The van der Waals surface area contributed by atoms with Gasteiger partial charge in [0.25, 0.3) is 5.78 Å². The molecule has 1 heterocycles. The predicted octanol–water partition coefficient (Wildman–Crippen LogP) is 1.99. The summed E-state index contributed by atoms with van der Waals surface area (Å²) in [6.45, 7) is 0. The fourth-order valence-corrected chi connectivity index (χ4v) is 2.06. The molecule has 0 fully saturated rings. The third-order valence-corrected chi connectivity index (χ3v) is 2.76. The molecule has 3 nitrogen and oxygen atoms in total. The first-order valence-electron chi connectivity index (χ1n) is 2.69. The largest absolute Gasteiger partial charge is 0.361 e. The fraction of sp³-hybridized carbons (Fsp3) is 0. The van der Waals surface area contributed by atoms with E-state index in [1.165, 1.54) is 11.3 Å². The van der Waals surface area contributed by atoms with Gasteiger partial charge in [-0.1, -0.05) is 0 Å². The number of hydrogen-bond acceptors (Lipinski definition) is 2. The maximum atomic E-state index is 11.0. The van der Waals surface area contributed by atoms with E-state index in [2.05, 4.69) is 20.7 Å². The molecule has 56 valence electrons. The summed E-state index contributed by atoms with van der Waals surface area (Å²) in [4.78, 5) is 13.6. The van der Waals surface area contributed by atoms with Gasteiger partial charge < -0.3 is 5.53 Å². The van der Waals surface area contributed by atoms with Crippen LogP contribution in [-0.2, 0) is 0 Å². The van der Waals surface area contributed by atoms with Crippen molar-refractivity contribution < 1.29 is 9.58 Å². The number of hydrogen-bond donors (Lipinski definition) is 0. The molecule has 0 atom stereocenters. The van der Waals surface area contributed by atoms with Crippen molar-refractivity contribution >= 4 is 39.3 Å². The van der Waals surface area contributed by atoms with E-state index < -0.39 is 0 Å². The zero-order chi connectivity index (χ0) is 8.27. The summed E-state index contributed by atoms with van der Waals surface area (Å²) < 4.78 is 0.729. The molecule has 0 aliphatic carbocycles. The Balaban J connectivity index is 3.02. The zero-order valence-electron chi connectivity index (χ0n) is 5.32. The first-order valence-corrected chi connectivity index (χ1v) is 4.42. The Morgan fingerprint density at radius 2 is 2.45 bits per heavy atom. The van der Waals surface area contributed by atoms with Crippen molar-refractivity contribution in [2.45, 2.75) is 0 Å². The van der Waals surface area contributed by atoms with E-state index in [4.69, 9.17) is 5.53 Å². The topological polar surface area (TPSA) is 53.5 Å². The third kappa shape index (κ3) is 1.83. The summed E-state index contributed by atoms with van der Waals surface area (Å²) in [6, 6.07) is 0. The molecular formula is C6H3BrN2OS. The molecule has 0 saturated carbocycles. The van der Waals surface area contributed by atoms with Crippen LogP contribution in [0.25, 0.3) is 5.53 Å². The van der Waals surface area contributed by atoms with Gasteiger partial charge in [-0.2, -0.15) is 16.1 Å². The Morgan fingerprint density at radius 3 is 2.91 bits per heavy atom. The molecule has 0 amide bonds. The van der Waals surface area contributed by atoms with Crippen LogP contribution in [0.3, 0.4) is 0 Å². The Hall–Kier alpha value is -0.770. The Labute approximate surface area is 75.4 Å². The lowest BCUT2D eigenvalue weighted by Gasteiger charge is -1.83. The minimum absolute atomic E-state index is 0.305. The quantitative estimate of drug-likeness (QED) is 0.332. The highest BCUT2D eigenvalue weighted by atomic mass is 79.9. The molecule has 0 aliphatic rings. The second-order valence-corrected chi connectivity index (χ2v) is 3.34. The lowest BCUT2D eigenvalue weighted by atomic mass is 10.2. The SMILES string of the molecule is [N-]=[N+]=CC(=O)c1cscc1Br. The van der Waals surface area contributed by atoms with E-state index in [0.29, 0.717) is 5.56 Å². The van der Waals surface area contributed by atoms with Crippen LogP contribution >= 0.6 is 27.3 Å². The van der Waals surface area contributed by atoms with E-state index in [-0.39, 0.29) is 5.78 Å². The number of thiophene rings is 1. The molecule has 0 aromatic carbocycles. The van der Waals surface area contributed by atoms with Crippen LogP contribution in [0.5, 0.6) is 0 Å². The standard InChI is InChI=1S/C6H3BrN2OS/c7-5-3-11-2-4(5)6(10)1-9-8/h1-3H. The highest BCUT2D eigenvalue weighted by Crippen LogP contribution is 2.20. The molecule has 0 aliphatic heterocycles. The minimum atomic E-state index is -0.305. The van der Waals surface area contributed by atoms with E-state index in [1.54, 1.807) is 10.8 Å². The molecule has 1 aromatic rings. The summed E-state index contributed by atoms with van der Waals surface area (Å²) in [7, 11) is 0. The van der Waals surface area contributed by atoms with Crippen molar-refractivity contribution in [1.29, 1.82) is 0 Å². The van der Waals surface area contributed by atoms with Gasteiger partial charge in [0.2, 0.25) is 0 Å². The van der Waals surface area contributed by atoms with Crippen LogP contribution in [-0.4, -0.2) is 16.8 Å². The monoisotopic (exact) mass is 230 g/mol. The average molecular weight is 231 g/mol. The van der Waals surface area contributed by atoms with Crippen molar-refractivity contribution in [1.82, 2.24) is 0 Å². The highest BCUT2D eigenvalue weighted by molar-refractivity contribution is 9.10. The molecule has 1 rings (SSSR count). The molecule has 0 saturated heterocycles. The third-order valence-electron chi connectivity index (χ3n) is 1.06. The fourth-order valence-electron chi connectivity index (χ4n) is 0.579. The van der Waals surface area contributed by atoms with Gasteiger partial charge in [0.1, 0.15) is 0 Å². The van der Waals surface area contributed by atoms with E-state index in [1.807, 2.05) is 0 Å². The van der Waals surface area contributed by atoms with Gasteiger partial charge in [-0.15, -0.1) is 0 Å². The summed E-state index contributed by atoms with van der Waals surface area (Å²) in [6.07, 6.45) is 0.868. The van der Waals surface area contributed by atoms with Crippen LogP contribution in [0.15, 0.2) is 15.2 Å². The number of ketones is 1. The maximum absolute atomic E-state index is 11.0. The molecule has 5 heteroatoms. The summed E-state index contributed by atoms with van der Waals surface area (Å²) in [5.74, 6) is -0.305. The van der Waals surface area contributed by atoms with Gasteiger partial charge in [0.15, 0.2) is 0 Å². The smallest absolute Gasteiger partial charge is 0.328 e. The van der Waals surface area contributed by atoms with Crippen molar-refractivity contribution in [3.63, 3.8) is 0 Å². The molecule has 0 unspecified atom stereocenters. The van der Waals surface area contributed by atoms with Crippen LogP contribution in [0.1, 0.15) is 10.4 Å². The lowest BCUT2D eigenvalue weighted by molar-refractivity contribution is 0.00234.